The minimum atomic E-state index is -0.788. The summed E-state index contributed by atoms with van der Waals surface area (Å²) in [6, 6.07) is -0.0823. The summed E-state index contributed by atoms with van der Waals surface area (Å²) >= 11 is 0. The maximum Gasteiger partial charge on any atom is 0.120 e. The van der Waals surface area contributed by atoms with Crippen LogP contribution in [0, 0.1) is 0 Å². The van der Waals surface area contributed by atoms with Gasteiger partial charge in [0.2, 0.25) is 0 Å². The molecular formula is C27H58N2O3. The van der Waals surface area contributed by atoms with Crippen molar-refractivity contribution in [2.75, 3.05) is 6.54 Å². The second kappa shape index (κ2) is 21.3. The lowest BCUT2D eigenvalue weighted by molar-refractivity contribution is -0.231. The minimum absolute atomic E-state index is 0.0823. The van der Waals surface area contributed by atoms with Gasteiger partial charge in [-0.3, -0.25) is 0 Å². The van der Waals surface area contributed by atoms with Crippen LogP contribution in [0.3, 0.4) is 0 Å². The predicted octanol–water partition coefficient (Wildman–Crippen LogP) is 6.60. The maximum absolute atomic E-state index is 10.4. The zero-order valence-electron chi connectivity index (χ0n) is 22.3. The Balaban J connectivity index is 4.00. The molecule has 0 saturated heterocycles. The van der Waals surface area contributed by atoms with E-state index in [1.165, 1.54) is 89.9 Å². The summed E-state index contributed by atoms with van der Waals surface area (Å²) in [5.74, 6) is 0. The number of hydrazine groups is 1. The molecule has 32 heavy (non-hydrogen) atoms. The molecule has 0 fully saturated rings. The molecule has 0 saturated carbocycles. The molecule has 0 rings (SSSR count). The summed E-state index contributed by atoms with van der Waals surface area (Å²) in [6.07, 6.45) is 19.9. The quantitative estimate of drug-likeness (QED) is 0.0914. The first kappa shape index (κ1) is 31.8. The minimum Gasteiger partial charge on any atom is -0.392 e. The molecule has 4 atom stereocenters. The third-order valence-electron chi connectivity index (χ3n) is 6.56. The van der Waals surface area contributed by atoms with Crippen LogP contribution in [0.1, 0.15) is 144 Å². The highest BCUT2D eigenvalue weighted by atomic mass is 16.3. The van der Waals surface area contributed by atoms with E-state index in [4.69, 9.17) is 0 Å². The van der Waals surface area contributed by atoms with Crippen molar-refractivity contribution < 1.29 is 15.3 Å². The summed E-state index contributed by atoms with van der Waals surface area (Å²) in [4.78, 5) is 0. The van der Waals surface area contributed by atoms with E-state index in [9.17, 15) is 15.3 Å². The first-order chi connectivity index (χ1) is 15.4. The predicted molar refractivity (Wildman–Crippen MR) is 137 cm³/mol. The molecule has 194 valence electrons. The molecule has 0 aromatic rings. The molecule has 3 N–H and O–H groups in total. The Morgan fingerprint density at radius 1 is 0.531 bits per heavy atom. The monoisotopic (exact) mass is 458 g/mol. The summed E-state index contributed by atoms with van der Waals surface area (Å²) in [7, 11) is 0. The topological polar surface area (TPSA) is 67.2 Å². The van der Waals surface area contributed by atoms with Crippen LogP contribution >= 0.6 is 0 Å². The lowest BCUT2D eigenvalue weighted by Gasteiger charge is -2.44. The van der Waals surface area contributed by atoms with E-state index in [2.05, 4.69) is 13.8 Å². The van der Waals surface area contributed by atoms with Crippen molar-refractivity contribution in [3.63, 3.8) is 0 Å². The Kier molecular flexibility index (Phi) is 21.2. The molecule has 0 spiro atoms. The first-order valence-corrected chi connectivity index (χ1v) is 14.0. The van der Waals surface area contributed by atoms with Crippen LogP contribution in [-0.2, 0) is 0 Å². The first-order valence-electron chi connectivity index (χ1n) is 14.0. The third-order valence-corrected chi connectivity index (χ3v) is 6.56. The van der Waals surface area contributed by atoms with Crippen LogP contribution in [0.2, 0.25) is 0 Å². The van der Waals surface area contributed by atoms with Crippen LogP contribution in [0.25, 0.3) is 0 Å². The average Bonchev–Trinajstić information content (AvgIpc) is 2.72. The van der Waals surface area contributed by atoms with Gasteiger partial charge in [0.25, 0.3) is 0 Å². The van der Waals surface area contributed by atoms with Gasteiger partial charge in [-0.05, 0) is 33.6 Å². The van der Waals surface area contributed by atoms with Crippen LogP contribution in [0.5, 0.6) is 0 Å². The fraction of sp³-hybridized carbons (Fsp3) is 1.00. The standard InChI is InChI=1S/C27H58N2O3/c1-6-8-9-10-11-12-13-14-15-16-17-18-19-20-21-22-27(24(3)30)28(23-7-2)29(25(4)31)26(5)32/h24-27,30-32H,6-23H2,1-5H3. The number of hydrogen-bond donors (Lipinski definition) is 3. The molecule has 0 heterocycles. The van der Waals surface area contributed by atoms with E-state index in [0.29, 0.717) is 6.54 Å². The third kappa shape index (κ3) is 15.6. The van der Waals surface area contributed by atoms with E-state index in [1.54, 1.807) is 18.9 Å². The highest BCUT2D eigenvalue weighted by Gasteiger charge is 2.31. The Labute approximate surface area is 200 Å². The average molecular weight is 459 g/mol. The van der Waals surface area contributed by atoms with E-state index in [0.717, 1.165) is 19.3 Å². The smallest absolute Gasteiger partial charge is 0.120 e. The van der Waals surface area contributed by atoms with Crippen molar-refractivity contribution >= 4 is 0 Å². The van der Waals surface area contributed by atoms with Crippen molar-refractivity contribution in [3.8, 4) is 0 Å². The summed E-state index contributed by atoms with van der Waals surface area (Å²) in [5.41, 5.74) is 0. The van der Waals surface area contributed by atoms with Crippen LogP contribution in [-0.4, -0.2) is 56.5 Å². The fourth-order valence-corrected chi connectivity index (χ4v) is 4.79. The SMILES string of the molecule is CCCCCCCCCCCCCCCCCC(C(C)O)N(CCC)N(C(C)O)C(C)O. The fourth-order valence-electron chi connectivity index (χ4n) is 4.79. The molecule has 0 aliphatic heterocycles. The van der Waals surface area contributed by atoms with Gasteiger partial charge in [-0.1, -0.05) is 110 Å². The molecule has 0 aromatic carbocycles. The van der Waals surface area contributed by atoms with Crippen molar-refractivity contribution in [2.45, 2.75) is 168 Å². The number of aliphatic hydroxyl groups is 3. The zero-order chi connectivity index (χ0) is 24.2. The molecule has 0 aliphatic rings. The van der Waals surface area contributed by atoms with E-state index in [1.807, 2.05) is 11.9 Å². The second-order valence-corrected chi connectivity index (χ2v) is 9.85. The lowest BCUT2D eigenvalue weighted by atomic mass is 10.0. The molecule has 0 aliphatic carbocycles. The van der Waals surface area contributed by atoms with Gasteiger partial charge in [0.15, 0.2) is 0 Å². The molecule has 5 heteroatoms. The number of aliphatic hydroxyl groups excluding tert-OH is 3. The highest BCUT2D eigenvalue weighted by molar-refractivity contribution is 4.77. The van der Waals surface area contributed by atoms with Crippen LogP contribution in [0.15, 0.2) is 0 Å². The molecule has 0 amide bonds. The van der Waals surface area contributed by atoms with E-state index in [-0.39, 0.29) is 6.04 Å². The van der Waals surface area contributed by atoms with Crippen LogP contribution < -0.4 is 0 Å². The molecule has 0 aromatic heterocycles. The maximum atomic E-state index is 10.4. The molecule has 0 bridgehead atoms. The highest BCUT2D eigenvalue weighted by Crippen LogP contribution is 2.21. The summed E-state index contributed by atoms with van der Waals surface area (Å²) < 4.78 is 0. The van der Waals surface area contributed by atoms with Gasteiger partial charge in [-0.2, -0.15) is 5.01 Å². The van der Waals surface area contributed by atoms with Crippen molar-refractivity contribution in [3.05, 3.63) is 0 Å². The second-order valence-electron chi connectivity index (χ2n) is 9.85. The summed E-state index contributed by atoms with van der Waals surface area (Å²) in [6.45, 7) is 10.2. The van der Waals surface area contributed by atoms with Gasteiger partial charge in [0.1, 0.15) is 12.5 Å². The van der Waals surface area contributed by atoms with E-state index >= 15 is 0 Å². The van der Waals surface area contributed by atoms with Gasteiger partial charge in [0.05, 0.1) is 12.1 Å². The zero-order valence-corrected chi connectivity index (χ0v) is 22.3. The number of nitrogens with zero attached hydrogens (tertiary/aromatic N) is 2. The largest absolute Gasteiger partial charge is 0.392 e. The number of unbranched alkanes of at least 4 members (excludes halogenated alkanes) is 14. The Morgan fingerprint density at radius 3 is 1.22 bits per heavy atom. The molecular weight excluding hydrogens is 400 g/mol. The lowest BCUT2D eigenvalue weighted by Crippen LogP contribution is -2.59. The van der Waals surface area contributed by atoms with Gasteiger partial charge >= 0.3 is 0 Å². The molecule has 4 unspecified atom stereocenters. The van der Waals surface area contributed by atoms with Crippen LogP contribution in [0.4, 0.5) is 0 Å². The Hall–Kier alpha value is -0.200. The Bertz CT molecular complexity index is 383. The Morgan fingerprint density at radius 2 is 0.906 bits per heavy atom. The van der Waals surface area contributed by atoms with E-state index < -0.39 is 18.6 Å². The van der Waals surface area contributed by atoms with Gasteiger partial charge < -0.3 is 15.3 Å². The van der Waals surface area contributed by atoms with Crippen molar-refractivity contribution in [1.82, 2.24) is 10.0 Å². The molecule has 0 radical (unpaired) electrons. The van der Waals surface area contributed by atoms with Gasteiger partial charge in [0, 0.05) is 6.54 Å². The van der Waals surface area contributed by atoms with Crippen molar-refractivity contribution in [1.29, 1.82) is 0 Å². The summed E-state index contributed by atoms with van der Waals surface area (Å²) in [5, 5.41) is 34.3. The number of rotatable bonds is 23. The normalized spacial score (nSPS) is 15.9. The van der Waals surface area contributed by atoms with Gasteiger partial charge in [-0.15, -0.1) is 0 Å². The van der Waals surface area contributed by atoms with Gasteiger partial charge in [-0.25, -0.2) is 5.01 Å². The molecule has 5 nitrogen and oxygen atoms in total. The number of hydrogen-bond acceptors (Lipinski definition) is 5. The van der Waals surface area contributed by atoms with Crippen molar-refractivity contribution in [2.24, 2.45) is 0 Å².